The first-order valence-electron chi connectivity index (χ1n) is 8.25. The molecule has 1 unspecified atom stereocenters. The van der Waals surface area contributed by atoms with Crippen molar-refractivity contribution in [2.75, 3.05) is 0 Å². The fourth-order valence-corrected chi connectivity index (χ4v) is 2.48. The van der Waals surface area contributed by atoms with E-state index in [9.17, 15) is 9.59 Å². The van der Waals surface area contributed by atoms with Gasteiger partial charge in [-0.25, -0.2) is 0 Å². The lowest BCUT2D eigenvalue weighted by Crippen LogP contribution is -2.28. The van der Waals surface area contributed by atoms with Crippen molar-refractivity contribution in [2.45, 2.75) is 19.5 Å². The molecule has 0 saturated heterocycles. The minimum absolute atomic E-state index is 0.153. The van der Waals surface area contributed by atoms with Gasteiger partial charge in [0.2, 0.25) is 0 Å². The molecule has 1 atom stereocenters. The molecular weight excluding hydrogens is 330 g/mol. The molecule has 0 bridgehead atoms. The van der Waals surface area contributed by atoms with Gasteiger partial charge >= 0.3 is 0 Å². The van der Waals surface area contributed by atoms with Gasteiger partial charge in [0.15, 0.2) is 0 Å². The van der Waals surface area contributed by atoms with Crippen LogP contribution in [-0.2, 0) is 6.54 Å². The van der Waals surface area contributed by atoms with Crippen molar-refractivity contribution >= 4 is 11.8 Å². The van der Waals surface area contributed by atoms with Crippen molar-refractivity contribution in [1.82, 2.24) is 15.6 Å². The summed E-state index contributed by atoms with van der Waals surface area (Å²) in [5.74, 6) is 0.0473. The van der Waals surface area contributed by atoms with E-state index in [4.69, 9.17) is 4.42 Å². The lowest BCUT2D eigenvalue weighted by Gasteiger charge is -2.14. The van der Waals surface area contributed by atoms with E-state index < -0.39 is 0 Å². The number of carbonyl (C=O) groups is 2. The Labute approximate surface area is 151 Å². The van der Waals surface area contributed by atoms with Gasteiger partial charge in [-0.05, 0) is 30.7 Å². The summed E-state index contributed by atoms with van der Waals surface area (Å²) in [6, 6.07) is 14.6. The molecule has 2 aromatic heterocycles. The molecular formula is C20H19N3O3. The first-order valence-corrected chi connectivity index (χ1v) is 8.25. The quantitative estimate of drug-likeness (QED) is 0.716. The second kappa shape index (κ2) is 8.11. The Morgan fingerprint density at radius 3 is 2.46 bits per heavy atom. The maximum atomic E-state index is 12.5. The lowest BCUT2D eigenvalue weighted by molar-refractivity contribution is 0.0939. The Hall–Kier alpha value is -3.41. The molecule has 3 aromatic rings. The highest BCUT2D eigenvalue weighted by atomic mass is 16.3. The zero-order chi connectivity index (χ0) is 18.4. The second-order valence-corrected chi connectivity index (χ2v) is 5.83. The summed E-state index contributed by atoms with van der Waals surface area (Å²) in [5, 5.41) is 5.64. The number of hydrogen-bond acceptors (Lipinski definition) is 4. The molecule has 3 rings (SSSR count). The van der Waals surface area contributed by atoms with Crippen LogP contribution < -0.4 is 10.6 Å². The predicted octanol–water partition coefficient (Wildman–Crippen LogP) is 3.10. The van der Waals surface area contributed by atoms with Crippen LogP contribution in [0.2, 0.25) is 0 Å². The minimum atomic E-state index is -0.320. The fourth-order valence-electron chi connectivity index (χ4n) is 2.48. The highest BCUT2D eigenvalue weighted by Gasteiger charge is 2.14. The average Bonchev–Trinajstić information content (AvgIpc) is 3.20. The molecule has 0 aliphatic rings. The van der Waals surface area contributed by atoms with Crippen LogP contribution in [0.3, 0.4) is 0 Å². The van der Waals surface area contributed by atoms with E-state index in [1.807, 2.05) is 37.3 Å². The van der Waals surface area contributed by atoms with Crippen LogP contribution in [0, 0.1) is 0 Å². The number of benzene rings is 1. The molecule has 0 radical (unpaired) electrons. The van der Waals surface area contributed by atoms with Gasteiger partial charge in [-0.15, -0.1) is 0 Å². The summed E-state index contributed by atoms with van der Waals surface area (Å²) < 4.78 is 5.17. The van der Waals surface area contributed by atoms with Gasteiger partial charge in [0.25, 0.3) is 11.8 Å². The number of aromatic nitrogens is 1. The number of nitrogens with zero attached hydrogens (tertiary/aromatic N) is 1. The van der Waals surface area contributed by atoms with Crippen molar-refractivity contribution in [3.63, 3.8) is 0 Å². The van der Waals surface area contributed by atoms with Crippen LogP contribution in [0.15, 0.2) is 71.6 Å². The van der Waals surface area contributed by atoms with Crippen LogP contribution in [0.4, 0.5) is 0 Å². The lowest BCUT2D eigenvalue weighted by atomic mass is 10.1. The van der Waals surface area contributed by atoms with Crippen molar-refractivity contribution in [2.24, 2.45) is 0 Å². The van der Waals surface area contributed by atoms with Crippen LogP contribution >= 0.6 is 0 Å². The largest absolute Gasteiger partial charge is 0.467 e. The Kier molecular flexibility index (Phi) is 5.43. The van der Waals surface area contributed by atoms with Crippen molar-refractivity contribution < 1.29 is 14.0 Å². The monoisotopic (exact) mass is 349 g/mol. The maximum Gasteiger partial charge on any atom is 0.253 e. The van der Waals surface area contributed by atoms with E-state index in [1.165, 1.54) is 18.5 Å². The van der Waals surface area contributed by atoms with Crippen molar-refractivity contribution in [3.05, 3.63) is 89.6 Å². The van der Waals surface area contributed by atoms with Crippen LogP contribution in [0.25, 0.3) is 0 Å². The Morgan fingerprint density at radius 2 is 1.77 bits per heavy atom. The number of amides is 2. The average molecular weight is 349 g/mol. The third-order valence-electron chi connectivity index (χ3n) is 3.91. The minimum Gasteiger partial charge on any atom is -0.467 e. The molecule has 6 nitrogen and oxygen atoms in total. The SMILES string of the molecule is CC(NC(=O)c1cncc(C(=O)NCc2ccco2)c1)c1ccccc1. The summed E-state index contributed by atoms with van der Waals surface area (Å²) in [7, 11) is 0. The predicted molar refractivity (Wildman–Crippen MR) is 96.4 cm³/mol. The molecule has 0 aliphatic carbocycles. The topological polar surface area (TPSA) is 84.2 Å². The smallest absolute Gasteiger partial charge is 0.253 e. The van der Waals surface area contributed by atoms with E-state index in [0.29, 0.717) is 16.9 Å². The number of rotatable bonds is 6. The molecule has 6 heteroatoms. The Morgan fingerprint density at radius 1 is 1.04 bits per heavy atom. The number of hydrogen-bond donors (Lipinski definition) is 2. The van der Waals surface area contributed by atoms with E-state index in [-0.39, 0.29) is 24.4 Å². The highest BCUT2D eigenvalue weighted by Crippen LogP contribution is 2.13. The summed E-state index contributed by atoms with van der Waals surface area (Å²) in [4.78, 5) is 28.7. The molecule has 0 saturated carbocycles. The van der Waals surface area contributed by atoms with E-state index in [1.54, 1.807) is 18.4 Å². The third-order valence-corrected chi connectivity index (χ3v) is 3.91. The van der Waals surface area contributed by atoms with Crippen molar-refractivity contribution in [3.8, 4) is 0 Å². The first kappa shape index (κ1) is 17.4. The van der Waals surface area contributed by atoms with Gasteiger partial charge < -0.3 is 15.1 Å². The van der Waals surface area contributed by atoms with Gasteiger partial charge in [-0.3, -0.25) is 14.6 Å². The third kappa shape index (κ3) is 4.36. The van der Waals surface area contributed by atoms with E-state index >= 15 is 0 Å². The van der Waals surface area contributed by atoms with Gasteiger partial charge in [-0.1, -0.05) is 30.3 Å². The van der Waals surface area contributed by atoms with E-state index in [2.05, 4.69) is 15.6 Å². The van der Waals surface area contributed by atoms with Gasteiger partial charge in [-0.2, -0.15) is 0 Å². The zero-order valence-electron chi connectivity index (χ0n) is 14.3. The molecule has 0 aliphatic heterocycles. The summed E-state index contributed by atoms with van der Waals surface area (Å²) in [6.45, 7) is 2.17. The molecule has 0 fully saturated rings. The number of pyridine rings is 1. The number of nitrogens with one attached hydrogen (secondary N) is 2. The molecule has 2 heterocycles. The van der Waals surface area contributed by atoms with Crippen molar-refractivity contribution in [1.29, 1.82) is 0 Å². The second-order valence-electron chi connectivity index (χ2n) is 5.83. The number of carbonyl (C=O) groups excluding carboxylic acids is 2. The van der Waals surface area contributed by atoms with Crippen LogP contribution in [-0.4, -0.2) is 16.8 Å². The zero-order valence-corrected chi connectivity index (χ0v) is 14.3. The molecule has 26 heavy (non-hydrogen) atoms. The molecule has 2 amide bonds. The van der Waals surface area contributed by atoms with Crippen LogP contribution in [0.1, 0.15) is 45.0 Å². The van der Waals surface area contributed by atoms with Gasteiger partial charge in [0.05, 0.1) is 30.0 Å². The summed E-state index contributed by atoms with van der Waals surface area (Å²) >= 11 is 0. The van der Waals surface area contributed by atoms with Gasteiger partial charge in [0.1, 0.15) is 5.76 Å². The molecule has 132 valence electrons. The number of furan rings is 1. The van der Waals surface area contributed by atoms with Gasteiger partial charge in [0, 0.05) is 12.4 Å². The fraction of sp³-hybridized carbons (Fsp3) is 0.150. The summed E-state index contributed by atoms with van der Waals surface area (Å²) in [5.41, 5.74) is 1.65. The molecule has 1 aromatic carbocycles. The highest BCUT2D eigenvalue weighted by molar-refractivity contribution is 5.99. The normalized spacial score (nSPS) is 11.6. The molecule has 2 N–H and O–H groups in total. The maximum absolute atomic E-state index is 12.5. The summed E-state index contributed by atoms with van der Waals surface area (Å²) in [6.07, 6.45) is 4.41. The van der Waals surface area contributed by atoms with E-state index in [0.717, 1.165) is 5.56 Å². The first-order chi connectivity index (χ1) is 12.6. The Balaban J connectivity index is 1.64. The standard InChI is InChI=1S/C20H19N3O3/c1-14(15-6-3-2-4-7-15)23-20(25)17-10-16(11-21-12-17)19(24)22-13-18-8-5-9-26-18/h2-12,14H,13H2,1H3,(H,22,24)(H,23,25). The Bertz CT molecular complexity index is 876. The van der Waals surface area contributed by atoms with Crippen LogP contribution in [0.5, 0.6) is 0 Å². The molecule has 0 spiro atoms.